The van der Waals surface area contributed by atoms with Crippen LogP contribution in [0.1, 0.15) is 0 Å². The molecule has 0 saturated heterocycles. The molecule has 0 spiro atoms. The molecule has 0 aliphatic rings. The first-order valence-corrected chi connectivity index (χ1v) is 13.4. The lowest BCUT2D eigenvalue weighted by Crippen LogP contribution is -2.66. The summed E-state index contributed by atoms with van der Waals surface area (Å²) in [6.07, 6.45) is -3.59. The van der Waals surface area contributed by atoms with Crippen molar-refractivity contribution in [1.82, 2.24) is 21.3 Å². The van der Waals surface area contributed by atoms with Crippen molar-refractivity contribution in [2.24, 2.45) is 0 Å². The Morgan fingerprint density at radius 2 is 1.12 bits per heavy atom. The van der Waals surface area contributed by atoms with E-state index in [9.17, 15) is 22.0 Å². The summed E-state index contributed by atoms with van der Waals surface area (Å²) in [5, 5.41) is 9.36. The highest BCUT2D eigenvalue weighted by molar-refractivity contribution is 6.75. The van der Waals surface area contributed by atoms with Crippen LogP contribution in [0.5, 0.6) is 0 Å². The van der Waals surface area contributed by atoms with Gasteiger partial charge in [-0.25, -0.2) is 18.5 Å². The van der Waals surface area contributed by atoms with Gasteiger partial charge in [-0.15, -0.1) is 0 Å². The van der Waals surface area contributed by atoms with Crippen LogP contribution in [0.3, 0.4) is 0 Å². The zero-order valence-electron chi connectivity index (χ0n) is 19.6. The van der Waals surface area contributed by atoms with Crippen LogP contribution in [0.4, 0.5) is 22.0 Å². The highest BCUT2D eigenvalue weighted by Gasteiger charge is 2.52. The van der Waals surface area contributed by atoms with Crippen molar-refractivity contribution < 1.29 is 53.2 Å². The van der Waals surface area contributed by atoms with Crippen LogP contribution in [0.2, 0.25) is 0 Å². The quantitative estimate of drug-likeness (QED) is 0.0509. The summed E-state index contributed by atoms with van der Waals surface area (Å²) in [5.41, 5.74) is 0. The van der Waals surface area contributed by atoms with E-state index in [1.807, 2.05) is 10.6 Å². The number of rotatable bonds is 21. The lowest BCUT2D eigenvalue weighted by Gasteiger charge is -2.36. The molecule has 1 atom stereocenters. The van der Waals surface area contributed by atoms with Crippen molar-refractivity contribution >= 4 is 17.6 Å². The molecule has 0 aromatic heterocycles. The molecule has 0 heterocycles. The van der Waals surface area contributed by atoms with E-state index < -0.39 is 55.8 Å². The molecule has 18 heteroatoms. The molecule has 4 N–H and O–H groups in total. The van der Waals surface area contributed by atoms with Crippen LogP contribution < -0.4 is 21.3 Å². The standard InChI is InChI=1S/C15H35F5N4O7Si2/c1-25-7-14(18,13(16)17)23-9-21-11-32(27-3,28-4)31-33(29-5,30-6)12-22-10-24-15(19,20)8-26-2/h13,21-24H,7-12H2,1-6H3. The monoisotopic (exact) mass is 534 g/mol. The Balaban J connectivity index is 5.02. The molecule has 200 valence electrons. The maximum Gasteiger partial charge on any atom is 0.507 e. The average Bonchev–Trinajstić information content (AvgIpc) is 2.78. The van der Waals surface area contributed by atoms with E-state index in [-0.39, 0.29) is 19.0 Å². The number of methoxy groups -OCH3 is 2. The van der Waals surface area contributed by atoms with Crippen LogP contribution in [0.15, 0.2) is 0 Å². The predicted octanol–water partition coefficient (Wildman–Crippen LogP) is -0.365. The number of nitrogens with one attached hydrogen (secondary N) is 4. The minimum absolute atomic E-state index is 0.109. The third kappa shape index (κ3) is 11.3. The molecule has 0 aromatic carbocycles. The van der Waals surface area contributed by atoms with Gasteiger partial charge >= 0.3 is 23.7 Å². The molecule has 0 aromatic rings. The average molecular weight is 535 g/mol. The molecule has 0 saturated carbocycles. The second-order valence-corrected chi connectivity index (χ2v) is 12.5. The second kappa shape index (κ2) is 15.6. The van der Waals surface area contributed by atoms with E-state index in [0.717, 1.165) is 14.2 Å². The lowest BCUT2D eigenvalue weighted by molar-refractivity contribution is -0.0979. The Bertz CT molecular complexity index is 529. The molecular weight excluding hydrogens is 499 g/mol. The number of hydrogen-bond donors (Lipinski definition) is 4. The van der Waals surface area contributed by atoms with Gasteiger partial charge in [0.2, 0.25) is 5.79 Å². The smallest absolute Gasteiger partial charge is 0.380 e. The summed E-state index contributed by atoms with van der Waals surface area (Å²) in [6.45, 7) is -2.42. The summed E-state index contributed by atoms with van der Waals surface area (Å²) in [5.74, 6) is -3.06. The van der Waals surface area contributed by atoms with Crippen LogP contribution in [0, 0.1) is 0 Å². The molecule has 0 amide bonds. The van der Waals surface area contributed by atoms with Crippen LogP contribution in [-0.4, -0.2) is 117 Å². The molecule has 0 fully saturated rings. The van der Waals surface area contributed by atoms with Crippen LogP contribution in [0.25, 0.3) is 0 Å². The predicted molar refractivity (Wildman–Crippen MR) is 111 cm³/mol. The fourth-order valence-corrected chi connectivity index (χ4v) is 7.98. The van der Waals surface area contributed by atoms with Gasteiger partial charge in [-0.05, 0) is 0 Å². The minimum atomic E-state index is -3.58. The molecule has 0 radical (unpaired) electrons. The summed E-state index contributed by atoms with van der Waals surface area (Å²) in [6, 6.07) is -3.26. The Hall–Kier alpha value is -0.356. The third-order valence-electron chi connectivity index (χ3n) is 4.24. The third-order valence-corrected chi connectivity index (χ3v) is 10.6. The van der Waals surface area contributed by atoms with Gasteiger partial charge in [0.25, 0.3) is 6.43 Å². The fourth-order valence-electron chi connectivity index (χ4n) is 2.40. The van der Waals surface area contributed by atoms with Crippen molar-refractivity contribution in [2.75, 3.05) is 81.5 Å². The van der Waals surface area contributed by atoms with Crippen molar-refractivity contribution in [2.45, 2.75) is 18.3 Å². The van der Waals surface area contributed by atoms with Crippen LogP contribution >= 0.6 is 0 Å². The molecule has 11 nitrogen and oxygen atoms in total. The number of alkyl halides is 5. The van der Waals surface area contributed by atoms with Gasteiger partial charge in [0.05, 0.1) is 25.6 Å². The topological polar surface area (TPSA) is 113 Å². The highest BCUT2D eigenvalue weighted by atomic mass is 28.5. The van der Waals surface area contributed by atoms with Gasteiger partial charge in [-0.1, -0.05) is 0 Å². The molecule has 0 aliphatic carbocycles. The second-order valence-electron chi connectivity index (χ2n) is 6.58. The zero-order valence-corrected chi connectivity index (χ0v) is 21.6. The first-order valence-electron chi connectivity index (χ1n) is 9.58. The number of hydrogen-bond acceptors (Lipinski definition) is 11. The Morgan fingerprint density at radius 1 is 0.697 bits per heavy atom. The van der Waals surface area contributed by atoms with Gasteiger partial charge in [0, 0.05) is 49.3 Å². The van der Waals surface area contributed by atoms with Gasteiger partial charge in [-0.3, -0.25) is 5.32 Å². The van der Waals surface area contributed by atoms with Crippen molar-refractivity contribution in [3.05, 3.63) is 0 Å². The molecule has 1 unspecified atom stereocenters. The molecule has 0 aliphatic heterocycles. The number of halogens is 5. The van der Waals surface area contributed by atoms with E-state index in [2.05, 4.69) is 20.1 Å². The maximum absolute atomic E-state index is 14.2. The van der Waals surface area contributed by atoms with Crippen molar-refractivity contribution in [3.8, 4) is 0 Å². The molecular formula is C15H35F5N4O7Si2. The lowest BCUT2D eigenvalue weighted by atomic mass is 10.3. The molecule has 0 bridgehead atoms. The summed E-state index contributed by atoms with van der Waals surface area (Å²) in [4.78, 5) is 0. The van der Waals surface area contributed by atoms with Gasteiger partial charge < -0.3 is 41.9 Å². The van der Waals surface area contributed by atoms with E-state index in [1.54, 1.807) is 0 Å². The van der Waals surface area contributed by atoms with E-state index in [0.29, 0.717) is 0 Å². The number of ether oxygens (including phenoxy) is 2. The Kier molecular flexibility index (Phi) is 15.4. The first kappa shape index (κ1) is 32.6. The van der Waals surface area contributed by atoms with E-state index >= 15 is 0 Å². The maximum atomic E-state index is 14.2. The Morgan fingerprint density at radius 3 is 1.48 bits per heavy atom. The summed E-state index contributed by atoms with van der Waals surface area (Å²) in [7, 11) is 0.286. The summed E-state index contributed by atoms with van der Waals surface area (Å²) < 4.78 is 103. The molecule has 33 heavy (non-hydrogen) atoms. The van der Waals surface area contributed by atoms with Gasteiger partial charge in [-0.2, -0.15) is 8.78 Å². The SMILES string of the molecule is COCC(F)(F)NCNC[Si](OC)(OC)O[Si](CNCNC(F)(COC)C(F)F)(OC)OC. The largest absolute Gasteiger partial charge is 0.507 e. The van der Waals surface area contributed by atoms with Crippen molar-refractivity contribution in [1.29, 1.82) is 0 Å². The minimum Gasteiger partial charge on any atom is -0.380 e. The summed E-state index contributed by atoms with van der Waals surface area (Å²) >= 11 is 0. The normalized spacial score (nSPS) is 15.3. The van der Waals surface area contributed by atoms with E-state index in [4.69, 9.17) is 21.8 Å². The van der Waals surface area contributed by atoms with Crippen molar-refractivity contribution in [3.63, 3.8) is 0 Å². The van der Waals surface area contributed by atoms with Gasteiger partial charge in [0.15, 0.2) is 0 Å². The fraction of sp³-hybridized carbons (Fsp3) is 1.00. The Labute approximate surface area is 192 Å². The first-order chi connectivity index (χ1) is 15.4. The highest BCUT2D eigenvalue weighted by Crippen LogP contribution is 2.19. The van der Waals surface area contributed by atoms with E-state index in [1.165, 1.54) is 28.4 Å². The van der Waals surface area contributed by atoms with Gasteiger partial charge in [0.1, 0.15) is 6.61 Å². The zero-order chi connectivity index (χ0) is 25.6. The molecule has 0 rings (SSSR count). The van der Waals surface area contributed by atoms with Crippen LogP contribution in [-0.2, 0) is 31.3 Å².